The number of fused-ring (bicyclic) bond motifs is 1. The summed E-state index contributed by atoms with van der Waals surface area (Å²) in [5.74, 6) is 1.51. The molecule has 2 amide bonds. The van der Waals surface area contributed by atoms with Crippen molar-refractivity contribution in [2.45, 2.75) is 59.9 Å². The topological polar surface area (TPSA) is 49.9 Å². The van der Waals surface area contributed by atoms with Crippen LogP contribution in [0.25, 0.3) is 0 Å². The van der Waals surface area contributed by atoms with E-state index < -0.39 is 0 Å². The van der Waals surface area contributed by atoms with E-state index in [1.165, 1.54) is 4.88 Å². The third kappa shape index (κ3) is 6.98. The Morgan fingerprint density at radius 3 is 2.65 bits per heavy atom. The van der Waals surface area contributed by atoms with Crippen LogP contribution >= 0.6 is 22.9 Å². The van der Waals surface area contributed by atoms with Gasteiger partial charge in [0.05, 0.1) is 12.6 Å². The number of halogens is 1. The van der Waals surface area contributed by atoms with Crippen molar-refractivity contribution in [3.05, 3.63) is 50.7 Å². The van der Waals surface area contributed by atoms with Crippen LogP contribution in [0.4, 0.5) is 0 Å². The summed E-state index contributed by atoms with van der Waals surface area (Å²) in [5.41, 5.74) is 2.11. The molecular weight excluding hydrogens is 468 g/mol. The van der Waals surface area contributed by atoms with Crippen LogP contribution in [0.3, 0.4) is 0 Å². The van der Waals surface area contributed by atoms with Gasteiger partial charge in [0, 0.05) is 29.4 Å². The minimum Gasteiger partial charge on any atom is -0.491 e. The third-order valence-corrected chi connectivity index (χ3v) is 7.61. The van der Waals surface area contributed by atoms with Crippen LogP contribution in [0, 0.1) is 18.8 Å². The predicted molar refractivity (Wildman–Crippen MR) is 140 cm³/mol. The molecular formula is C27H37ClN2O3S. The van der Waals surface area contributed by atoms with Crippen LogP contribution in [0.5, 0.6) is 5.75 Å². The summed E-state index contributed by atoms with van der Waals surface area (Å²) in [6, 6.07) is 7.53. The molecule has 1 atom stereocenters. The fraction of sp³-hybridized carbons (Fsp3) is 0.556. The minimum atomic E-state index is -0.175. The summed E-state index contributed by atoms with van der Waals surface area (Å²) >= 11 is 7.89. The molecule has 0 aliphatic carbocycles. The van der Waals surface area contributed by atoms with E-state index in [0.29, 0.717) is 37.1 Å². The molecule has 0 spiro atoms. The first kappa shape index (κ1) is 26.6. The van der Waals surface area contributed by atoms with Crippen LogP contribution in [-0.4, -0.2) is 47.9 Å². The van der Waals surface area contributed by atoms with E-state index >= 15 is 0 Å². The Bertz CT molecular complexity index is 988. The molecule has 2 aromatic rings. The Labute approximate surface area is 213 Å². The first-order chi connectivity index (χ1) is 16.2. The van der Waals surface area contributed by atoms with Crippen LogP contribution in [0.1, 0.15) is 62.6 Å². The standard InChI is InChI=1S/C27H37ClN2O3S/c1-18(2)8-11-29(26(31)14-19(3)4)16-27(32)30-12-9-25-22(10-13-34-25)24(30)17-33-21-6-7-23(28)20(5)15-21/h6-7,10,13,15,18-19,24H,8-9,11-12,14,16-17H2,1-5H3/t24-/m1/s1. The number of carbonyl (C=O) groups is 2. The Kier molecular flexibility index (Phi) is 9.43. The van der Waals surface area contributed by atoms with Gasteiger partial charge in [-0.2, -0.15) is 0 Å². The van der Waals surface area contributed by atoms with Crippen LogP contribution in [0.15, 0.2) is 29.6 Å². The second kappa shape index (κ2) is 12.1. The molecule has 1 aliphatic heterocycles. The van der Waals surface area contributed by atoms with Crippen molar-refractivity contribution in [2.75, 3.05) is 26.2 Å². The molecule has 7 heteroatoms. The van der Waals surface area contributed by atoms with Crippen molar-refractivity contribution >= 4 is 34.8 Å². The summed E-state index contributed by atoms with van der Waals surface area (Å²) in [6.45, 7) is 12.0. The highest BCUT2D eigenvalue weighted by molar-refractivity contribution is 7.10. The molecule has 1 aromatic carbocycles. The quantitative estimate of drug-likeness (QED) is 0.390. The normalized spacial score (nSPS) is 15.5. The van der Waals surface area contributed by atoms with E-state index in [-0.39, 0.29) is 30.3 Å². The molecule has 34 heavy (non-hydrogen) atoms. The zero-order valence-corrected chi connectivity index (χ0v) is 22.5. The van der Waals surface area contributed by atoms with Gasteiger partial charge in [-0.15, -0.1) is 11.3 Å². The van der Waals surface area contributed by atoms with Crippen molar-refractivity contribution in [1.29, 1.82) is 0 Å². The average molecular weight is 505 g/mol. The fourth-order valence-electron chi connectivity index (χ4n) is 4.20. The largest absolute Gasteiger partial charge is 0.491 e. The van der Waals surface area contributed by atoms with E-state index in [0.717, 1.165) is 29.7 Å². The van der Waals surface area contributed by atoms with Crippen LogP contribution < -0.4 is 4.74 Å². The number of hydrogen-bond donors (Lipinski definition) is 0. The molecule has 5 nitrogen and oxygen atoms in total. The van der Waals surface area contributed by atoms with Crippen LogP contribution in [-0.2, 0) is 16.0 Å². The van der Waals surface area contributed by atoms with Gasteiger partial charge in [0.25, 0.3) is 0 Å². The Hall–Kier alpha value is -2.05. The number of benzene rings is 1. The lowest BCUT2D eigenvalue weighted by atomic mass is 10.00. The zero-order valence-electron chi connectivity index (χ0n) is 21.0. The van der Waals surface area contributed by atoms with Gasteiger partial charge in [-0.25, -0.2) is 0 Å². The molecule has 0 bridgehead atoms. The van der Waals surface area contributed by atoms with Crippen molar-refractivity contribution in [2.24, 2.45) is 11.8 Å². The lowest BCUT2D eigenvalue weighted by Crippen LogP contribution is -2.48. The lowest BCUT2D eigenvalue weighted by Gasteiger charge is -2.37. The second-order valence-electron chi connectivity index (χ2n) is 9.97. The number of carbonyl (C=O) groups excluding carboxylic acids is 2. The van der Waals surface area contributed by atoms with E-state index in [1.807, 2.05) is 43.9 Å². The van der Waals surface area contributed by atoms with Gasteiger partial charge in [0.15, 0.2) is 0 Å². The first-order valence-corrected chi connectivity index (χ1v) is 13.4. The maximum atomic E-state index is 13.6. The number of aryl methyl sites for hydroxylation is 1. The van der Waals surface area contributed by atoms with E-state index in [9.17, 15) is 9.59 Å². The van der Waals surface area contributed by atoms with Gasteiger partial charge in [0.2, 0.25) is 11.8 Å². The van der Waals surface area contributed by atoms with Crippen LogP contribution in [0.2, 0.25) is 5.02 Å². The number of ether oxygens (including phenoxy) is 1. The summed E-state index contributed by atoms with van der Waals surface area (Å²) in [4.78, 5) is 31.4. The van der Waals surface area contributed by atoms with Gasteiger partial charge in [-0.3, -0.25) is 9.59 Å². The molecule has 0 N–H and O–H groups in total. The summed E-state index contributed by atoms with van der Waals surface area (Å²) in [7, 11) is 0. The lowest BCUT2D eigenvalue weighted by molar-refractivity contribution is -0.143. The highest BCUT2D eigenvalue weighted by Crippen LogP contribution is 2.34. The fourth-order valence-corrected chi connectivity index (χ4v) is 5.24. The molecule has 0 saturated heterocycles. The molecule has 0 unspecified atom stereocenters. The molecule has 0 fully saturated rings. The van der Waals surface area contributed by atoms with Gasteiger partial charge >= 0.3 is 0 Å². The zero-order chi connectivity index (χ0) is 24.8. The van der Waals surface area contributed by atoms with E-state index in [4.69, 9.17) is 16.3 Å². The number of rotatable bonds is 10. The monoisotopic (exact) mass is 504 g/mol. The van der Waals surface area contributed by atoms with Gasteiger partial charge in [-0.1, -0.05) is 39.3 Å². The number of amides is 2. The summed E-state index contributed by atoms with van der Waals surface area (Å²) in [6.07, 6.45) is 2.18. The van der Waals surface area contributed by atoms with Gasteiger partial charge < -0.3 is 14.5 Å². The molecule has 0 saturated carbocycles. The van der Waals surface area contributed by atoms with Crippen molar-refractivity contribution in [3.63, 3.8) is 0 Å². The maximum absolute atomic E-state index is 13.6. The maximum Gasteiger partial charge on any atom is 0.242 e. The van der Waals surface area contributed by atoms with Crippen molar-refractivity contribution in [3.8, 4) is 5.75 Å². The van der Waals surface area contributed by atoms with E-state index in [2.05, 4.69) is 25.3 Å². The third-order valence-electron chi connectivity index (χ3n) is 6.19. The molecule has 1 aromatic heterocycles. The Morgan fingerprint density at radius 2 is 1.97 bits per heavy atom. The van der Waals surface area contributed by atoms with Gasteiger partial charge in [-0.05, 0) is 72.4 Å². The second-order valence-corrected chi connectivity index (χ2v) is 11.4. The van der Waals surface area contributed by atoms with Gasteiger partial charge in [0.1, 0.15) is 12.4 Å². The van der Waals surface area contributed by atoms with Crippen molar-refractivity contribution in [1.82, 2.24) is 9.80 Å². The average Bonchev–Trinajstić information content (AvgIpc) is 3.25. The predicted octanol–water partition coefficient (Wildman–Crippen LogP) is 6.14. The highest BCUT2D eigenvalue weighted by atomic mass is 35.5. The SMILES string of the molecule is Cc1cc(OC[C@@H]2c3ccsc3CCN2C(=O)CN(CCC(C)C)C(=O)CC(C)C)ccc1Cl. The number of nitrogens with zero attached hydrogens (tertiary/aromatic N) is 2. The number of hydrogen-bond acceptors (Lipinski definition) is 4. The smallest absolute Gasteiger partial charge is 0.242 e. The Balaban J connectivity index is 1.76. The van der Waals surface area contributed by atoms with E-state index in [1.54, 1.807) is 16.2 Å². The van der Waals surface area contributed by atoms with Crippen molar-refractivity contribution < 1.29 is 14.3 Å². The highest BCUT2D eigenvalue weighted by Gasteiger charge is 2.33. The summed E-state index contributed by atoms with van der Waals surface area (Å²) in [5, 5.41) is 2.79. The number of thiophene rings is 1. The molecule has 0 radical (unpaired) electrons. The molecule has 1 aliphatic rings. The Morgan fingerprint density at radius 1 is 1.21 bits per heavy atom. The summed E-state index contributed by atoms with van der Waals surface area (Å²) < 4.78 is 6.14. The molecule has 3 rings (SSSR count). The molecule has 186 valence electrons. The first-order valence-electron chi connectivity index (χ1n) is 12.2. The minimum absolute atomic E-state index is 0.0152. The molecule has 2 heterocycles.